The quantitative estimate of drug-likeness (QED) is 0.557. The smallest absolute Gasteiger partial charge is 0.226 e. The Kier molecular flexibility index (Phi) is 5.04. The van der Waals surface area contributed by atoms with Gasteiger partial charge in [0, 0.05) is 5.92 Å². The van der Waals surface area contributed by atoms with Crippen molar-refractivity contribution in [3.05, 3.63) is 59.7 Å². The lowest BCUT2D eigenvalue weighted by Gasteiger charge is -2.20. The highest BCUT2D eigenvalue weighted by atomic mass is 16.3. The van der Waals surface area contributed by atoms with Crippen molar-refractivity contribution in [3.8, 4) is 5.75 Å². The molecule has 0 amide bonds. The van der Waals surface area contributed by atoms with Gasteiger partial charge in [-0.15, -0.1) is 0 Å². The standard InChI is InChI=1S/C17H16O5/c18-10-17(22)14(12-4-8-15(20)16(21)9-12)7-3-11-1-5-13(19)6-2-11/h1-9,14,17-19,22H,10H2/b7-3+/t14-,17+/m0/s1. The molecule has 3 N–H and O–H groups in total. The van der Waals surface area contributed by atoms with Gasteiger partial charge in [-0.1, -0.05) is 30.4 Å². The molecule has 0 fully saturated rings. The highest BCUT2D eigenvalue weighted by Crippen LogP contribution is 2.23. The van der Waals surface area contributed by atoms with E-state index in [4.69, 9.17) is 5.11 Å². The third-order valence-corrected chi connectivity index (χ3v) is 3.34. The molecule has 0 aliphatic heterocycles. The fraction of sp³-hybridized carbons (Fsp3) is 0.176. The van der Waals surface area contributed by atoms with Gasteiger partial charge in [0.1, 0.15) is 5.75 Å². The summed E-state index contributed by atoms with van der Waals surface area (Å²) in [7, 11) is 0. The lowest BCUT2D eigenvalue weighted by molar-refractivity contribution is -0.131. The van der Waals surface area contributed by atoms with Gasteiger partial charge >= 0.3 is 0 Å². The van der Waals surface area contributed by atoms with E-state index in [1.807, 2.05) is 0 Å². The third kappa shape index (κ3) is 3.78. The third-order valence-electron chi connectivity index (χ3n) is 3.34. The Morgan fingerprint density at radius 3 is 2.32 bits per heavy atom. The second-order valence-corrected chi connectivity index (χ2v) is 4.93. The normalized spacial score (nSPS) is 17.6. The summed E-state index contributed by atoms with van der Waals surface area (Å²) < 4.78 is 0. The minimum atomic E-state index is -1.09. The summed E-state index contributed by atoms with van der Waals surface area (Å²) in [5.41, 5.74) is 1.25. The van der Waals surface area contributed by atoms with E-state index in [1.54, 1.807) is 24.3 Å². The SMILES string of the molecule is O=C1C=CC([C@H](/C=C/c2ccc(O)cc2)[C@H](O)CO)=CC1=O. The van der Waals surface area contributed by atoms with Gasteiger partial charge in [-0.2, -0.15) is 0 Å². The highest BCUT2D eigenvalue weighted by Gasteiger charge is 2.23. The monoisotopic (exact) mass is 300 g/mol. The summed E-state index contributed by atoms with van der Waals surface area (Å²) in [6, 6.07) is 6.43. The van der Waals surface area contributed by atoms with Crippen LogP contribution in [0.15, 0.2) is 54.1 Å². The number of hydrogen-bond acceptors (Lipinski definition) is 5. The van der Waals surface area contributed by atoms with Gasteiger partial charge in [0.15, 0.2) is 0 Å². The van der Waals surface area contributed by atoms with Crippen LogP contribution in [0, 0.1) is 5.92 Å². The van der Waals surface area contributed by atoms with E-state index >= 15 is 0 Å². The first-order valence-corrected chi connectivity index (χ1v) is 6.75. The summed E-state index contributed by atoms with van der Waals surface area (Å²) in [6.07, 6.45) is 6.06. The molecular formula is C17H16O5. The Labute approximate surface area is 127 Å². The Balaban J connectivity index is 2.25. The molecule has 2 rings (SSSR count). The summed E-state index contributed by atoms with van der Waals surface area (Å²) in [5.74, 6) is -1.73. The number of ketones is 2. The number of carbonyl (C=O) groups is 2. The second-order valence-electron chi connectivity index (χ2n) is 4.93. The number of aromatic hydroxyl groups is 1. The number of carbonyl (C=O) groups excluding carboxylic acids is 2. The molecule has 0 spiro atoms. The largest absolute Gasteiger partial charge is 0.508 e. The van der Waals surface area contributed by atoms with Crippen molar-refractivity contribution in [2.45, 2.75) is 6.10 Å². The van der Waals surface area contributed by atoms with Crippen molar-refractivity contribution in [2.24, 2.45) is 5.92 Å². The molecule has 2 atom stereocenters. The van der Waals surface area contributed by atoms with Gasteiger partial charge in [-0.25, -0.2) is 0 Å². The molecule has 0 radical (unpaired) electrons. The van der Waals surface area contributed by atoms with Crippen LogP contribution in [0.3, 0.4) is 0 Å². The van der Waals surface area contributed by atoms with Crippen molar-refractivity contribution in [2.75, 3.05) is 6.61 Å². The van der Waals surface area contributed by atoms with Gasteiger partial charge in [0.05, 0.1) is 12.7 Å². The molecule has 1 aliphatic carbocycles. The van der Waals surface area contributed by atoms with Crippen LogP contribution in [0.4, 0.5) is 0 Å². The Morgan fingerprint density at radius 1 is 1.05 bits per heavy atom. The van der Waals surface area contributed by atoms with E-state index in [9.17, 15) is 19.8 Å². The Bertz CT molecular complexity index is 652. The van der Waals surface area contributed by atoms with Crippen molar-refractivity contribution < 1.29 is 24.9 Å². The zero-order valence-corrected chi connectivity index (χ0v) is 11.7. The number of allylic oxidation sites excluding steroid dienone is 3. The molecule has 0 saturated heterocycles. The maximum Gasteiger partial charge on any atom is 0.226 e. The molecule has 0 unspecified atom stereocenters. The molecule has 0 saturated carbocycles. The zero-order valence-electron chi connectivity index (χ0n) is 11.7. The average molecular weight is 300 g/mol. The molecular weight excluding hydrogens is 284 g/mol. The lowest BCUT2D eigenvalue weighted by Crippen LogP contribution is -2.26. The Hall–Kier alpha value is -2.50. The van der Waals surface area contributed by atoms with Gasteiger partial charge in [-0.05, 0) is 35.4 Å². The van der Waals surface area contributed by atoms with E-state index in [0.717, 1.165) is 11.6 Å². The number of aliphatic hydroxyl groups excluding tert-OH is 2. The minimum absolute atomic E-state index is 0.145. The van der Waals surface area contributed by atoms with Crippen LogP contribution >= 0.6 is 0 Å². The molecule has 0 aromatic heterocycles. The molecule has 1 aliphatic rings. The maximum absolute atomic E-state index is 11.5. The molecule has 114 valence electrons. The van der Waals surface area contributed by atoms with Crippen LogP contribution in [-0.4, -0.2) is 39.6 Å². The molecule has 1 aromatic carbocycles. The van der Waals surface area contributed by atoms with Gasteiger partial charge in [-0.3, -0.25) is 9.59 Å². The van der Waals surface area contributed by atoms with Crippen LogP contribution in [-0.2, 0) is 9.59 Å². The summed E-state index contributed by atoms with van der Waals surface area (Å²) in [4.78, 5) is 22.6. The van der Waals surface area contributed by atoms with Gasteiger partial charge < -0.3 is 15.3 Å². The fourth-order valence-corrected chi connectivity index (χ4v) is 2.11. The topological polar surface area (TPSA) is 94.8 Å². The first-order chi connectivity index (χ1) is 10.5. The summed E-state index contributed by atoms with van der Waals surface area (Å²) >= 11 is 0. The lowest BCUT2D eigenvalue weighted by atomic mass is 9.88. The van der Waals surface area contributed by atoms with Crippen LogP contribution in [0.5, 0.6) is 5.75 Å². The van der Waals surface area contributed by atoms with Gasteiger partial charge in [0.25, 0.3) is 0 Å². The predicted molar refractivity (Wildman–Crippen MR) is 81.0 cm³/mol. The molecule has 5 nitrogen and oxygen atoms in total. The van der Waals surface area contributed by atoms with Crippen LogP contribution in [0.2, 0.25) is 0 Å². The Morgan fingerprint density at radius 2 is 1.73 bits per heavy atom. The number of benzene rings is 1. The van der Waals surface area contributed by atoms with Crippen LogP contribution in [0.1, 0.15) is 5.56 Å². The first-order valence-electron chi connectivity index (χ1n) is 6.75. The molecule has 0 heterocycles. The van der Waals surface area contributed by atoms with Gasteiger partial charge in [0.2, 0.25) is 11.6 Å². The maximum atomic E-state index is 11.5. The second kappa shape index (κ2) is 6.98. The highest BCUT2D eigenvalue weighted by molar-refractivity contribution is 6.46. The number of aliphatic hydroxyl groups is 2. The fourth-order valence-electron chi connectivity index (χ4n) is 2.11. The van der Waals surface area contributed by atoms with E-state index in [1.165, 1.54) is 24.3 Å². The van der Waals surface area contributed by atoms with Crippen molar-refractivity contribution in [1.29, 1.82) is 0 Å². The summed E-state index contributed by atoms with van der Waals surface area (Å²) in [6.45, 7) is -0.474. The van der Waals surface area contributed by atoms with E-state index in [-0.39, 0.29) is 5.75 Å². The molecule has 0 bridgehead atoms. The minimum Gasteiger partial charge on any atom is -0.508 e. The van der Waals surface area contributed by atoms with Crippen molar-refractivity contribution in [3.63, 3.8) is 0 Å². The number of rotatable bonds is 5. The number of phenolic OH excluding ortho intramolecular Hbond substituents is 1. The summed E-state index contributed by atoms with van der Waals surface area (Å²) in [5, 5.41) is 28.3. The van der Waals surface area contributed by atoms with Crippen LogP contribution in [0.25, 0.3) is 6.08 Å². The molecule has 1 aromatic rings. The average Bonchev–Trinajstić information content (AvgIpc) is 2.52. The zero-order chi connectivity index (χ0) is 16.1. The predicted octanol–water partition coefficient (Wildman–Crippen LogP) is 1.01. The van der Waals surface area contributed by atoms with E-state index in [0.29, 0.717) is 5.57 Å². The van der Waals surface area contributed by atoms with E-state index in [2.05, 4.69) is 0 Å². The van der Waals surface area contributed by atoms with Crippen molar-refractivity contribution in [1.82, 2.24) is 0 Å². The molecule has 22 heavy (non-hydrogen) atoms. The number of phenols is 1. The van der Waals surface area contributed by atoms with Crippen molar-refractivity contribution >= 4 is 17.6 Å². The van der Waals surface area contributed by atoms with E-state index < -0.39 is 30.2 Å². The first kappa shape index (κ1) is 15.9. The van der Waals surface area contributed by atoms with Crippen LogP contribution < -0.4 is 0 Å². The number of hydrogen-bond donors (Lipinski definition) is 3. The molecule has 5 heteroatoms.